The lowest BCUT2D eigenvalue weighted by molar-refractivity contribution is -0.139. The number of benzene rings is 1. The molecule has 0 unspecified atom stereocenters. The van der Waals surface area contributed by atoms with Gasteiger partial charge in [-0.3, -0.25) is 4.79 Å². The number of hydrogen-bond acceptors (Lipinski definition) is 6. The summed E-state index contributed by atoms with van der Waals surface area (Å²) in [5.74, 6) is 0.00268. The summed E-state index contributed by atoms with van der Waals surface area (Å²) in [7, 11) is 4.03. The van der Waals surface area contributed by atoms with E-state index in [9.17, 15) is 4.79 Å². The monoisotopic (exact) mass is 345 g/mol. The molecule has 1 aliphatic rings. The van der Waals surface area contributed by atoms with Gasteiger partial charge in [-0.2, -0.15) is 0 Å². The van der Waals surface area contributed by atoms with E-state index in [1.165, 1.54) is 0 Å². The fourth-order valence-corrected chi connectivity index (χ4v) is 2.93. The van der Waals surface area contributed by atoms with Crippen LogP contribution >= 0.6 is 0 Å². The zero-order chi connectivity index (χ0) is 17.8. The molecule has 0 aliphatic carbocycles. The third-order valence-corrected chi connectivity index (χ3v) is 4.17. The molecule has 3 rings (SSSR count). The van der Waals surface area contributed by atoms with Crippen LogP contribution in [0.4, 0.5) is 0 Å². The minimum absolute atomic E-state index is 0.00313. The van der Waals surface area contributed by atoms with Crippen LogP contribution in [0.25, 0.3) is 0 Å². The minimum Gasteiger partial charge on any atom is -0.487 e. The van der Waals surface area contributed by atoms with E-state index in [0.717, 1.165) is 23.6 Å². The number of hydrogen-bond donors (Lipinski definition) is 2. The van der Waals surface area contributed by atoms with Gasteiger partial charge in [-0.05, 0) is 26.6 Å². The molecule has 0 saturated carbocycles. The summed E-state index contributed by atoms with van der Waals surface area (Å²) in [6.45, 7) is 1.70. The van der Waals surface area contributed by atoms with Crippen molar-refractivity contribution < 1.29 is 14.6 Å². The van der Waals surface area contributed by atoms with Crippen LogP contribution in [0.2, 0.25) is 0 Å². The lowest BCUT2D eigenvalue weighted by Crippen LogP contribution is -2.29. The molecule has 0 amide bonds. The van der Waals surface area contributed by atoms with Crippen LogP contribution in [0.3, 0.4) is 0 Å². The molecular weight excluding hydrogens is 322 g/mol. The molecule has 0 spiro atoms. The summed E-state index contributed by atoms with van der Waals surface area (Å²) < 4.78 is 7.63. The summed E-state index contributed by atoms with van der Waals surface area (Å²) in [4.78, 5) is 13.1. The first-order valence-electron chi connectivity index (χ1n) is 8.25. The van der Waals surface area contributed by atoms with E-state index in [1.807, 2.05) is 44.6 Å². The smallest absolute Gasteiger partial charge is 0.320 e. The Morgan fingerprint density at radius 1 is 1.44 bits per heavy atom. The van der Waals surface area contributed by atoms with Crippen LogP contribution in [0, 0.1) is 0 Å². The molecule has 1 saturated heterocycles. The summed E-state index contributed by atoms with van der Waals surface area (Å²) in [6.07, 6.45) is 2.33. The second-order valence-corrected chi connectivity index (χ2v) is 6.51. The van der Waals surface area contributed by atoms with Crippen molar-refractivity contribution >= 4 is 5.97 Å². The highest BCUT2D eigenvalue weighted by molar-refractivity contribution is 5.73. The molecule has 25 heavy (non-hydrogen) atoms. The van der Waals surface area contributed by atoms with Crippen LogP contribution < -0.4 is 10.1 Å². The first kappa shape index (κ1) is 17.4. The summed E-state index contributed by atoms with van der Waals surface area (Å²) in [5, 5.41) is 20.3. The maximum atomic E-state index is 11.0. The fraction of sp³-hybridized carbons (Fsp3) is 0.471. The van der Waals surface area contributed by atoms with Crippen molar-refractivity contribution in [1.82, 2.24) is 25.2 Å². The molecule has 8 nitrogen and oxygen atoms in total. The Hall–Kier alpha value is -2.45. The summed E-state index contributed by atoms with van der Waals surface area (Å²) in [5.41, 5.74) is 1.84. The maximum absolute atomic E-state index is 11.0. The van der Waals surface area contributed by atoms with Crippen molar-refractivity contribution in [3.63, 3.8) is 0 Å². The zero-order valence-electron chi connectivity index (χ0n) is 14.4. The standard InChI is InChI=1S/C17H23N5O3/c1-21(2)9-12-5-3-4-6-16(12)25-11-13-10-22(20-19-13)14-7-15(17(23)24)18-8-14/h3-6,10,14-15,18H,7-9,11H2,1-2H3,(H,23,24)/t14-,15-/m0/s1. The van der Waals surface area contributed by atoms with Gasteiger partial charge in [-0.15, -0.1) is 5.10 Å². The Morgan fingerprint density at radius 3 is 2.96 bits per heavy atom. The van der Waals surface area contributed by atoms with Gasteiger partial charge in [0.05, 0.1) is 12.2 Å². The first-order valence-corrected chi connectivity index (χ1v) is 8.25. The molecular formula is C17H23N5O3. The number of aromatic nitrogens is 3. The number of para-hydroxylation sites is 1. The lowest BCUT2D eigenvalue weighted by atomic mass is 10.2. The minimum atomic E-state index is -0.830. The Balaban J connectivity index is 1.60. The molecule has 8 heteroatoms. The van der Waals surface area contributed by atoms with Crippen LogP contribution in [-0.4, -0.2) is 57.7 Å². The molecule has 0 bridgehead atoms. The molecule has 2 heterocycles. The molecule has 2 N–H and O–H groups in total. The van der Waals surface area contributed by atoms with E-state index < -0.39 is 12.0 Å². The van der Waals surface area contributed by atoms with Gasteiger partial charge in [-0.1, -0.05) is 23.4 Å². The molecule has 0 radical (unpaired) electrons. The number of aliphatic carboxylic acids is 1. The predicted molar refractivity (Wildman–Crippen MR) is 91.3 cm³/mol. The van der Waals surface area contributed by atoms with Gasteiger partial charge in [0.2, 0.25) is 0 Å². The van der Waals surface area contributed by atoms with Gasteiger partial charge in [0.15, 0.2) is 0 Å². The van der Waals surface area contributed by atoms with Crippen molar-refractivity contribution in [3.8, 4) is 5.75 Å². The average molecular weight is 345 g/mol. The van der Waals surface area contributed by atoms with Crippen molar-refractivity contribution in [1.29, 1.82) is 0 Å². The maximum Gasteiger partial charge on any atom is 0.320 e. The Morgan fingerprint density at radius 2 is 2.24 bits per heavy atom. The van der Waals surface area contributed by atoms with Crippen molar-refractivity contribution in [2.45, 2.75) is 31.7 Å². The second kappa shape index (κ2) is 7.62. The summed E-state index contributed by atoms with van der Waals surface area (Å²) >= 11 is 0. The molecule has 1 aliphatic heterocycles. The third-order valence-electron chi connectivity index (χ3n) is 4.17. The van der Waals surface area contributed by atoms with Gasteiger partial charge in [-0.25, -0.2) is 4.68 Å². The van der Waals surface area contributed by atoms with Gasteiger partial charge in [0, 0.05) is 18.7 Å². The number of carbonyl (C=O) groups is 1. The van der Waals surface area contributed by atoms with Gasteiger partial charge < -0.3 is 20.1 Å². The average Bonchev–Trinajstić information content (AvgIpc) is 3.23. The number of rotatable bonds is 7. The van der Waals surface area contributed by atoms with Gasteiger partial charge >= 0.3 is 5.97 Å². The second-order valence-electron chi connectivity index (χ2n) is 6.51. The predicted octanol–water partition coefficient (Wildman–Crippen LogP) is 0.906. The number of nitrogens with one attached hydrogen (secondary N) is 1. The van der Waals surface area contributed by atoms with Crippen LogP contribution in [0.15, 0.2) is 30.5 Å². The molecule has 1 fully saturated rings. The SMILES string of the molecule is CN(C)Cc1ccccc1OCc1cn([C@@H]2CN[C@H](C(=O)O)C2)nn1. The first-order chi connectivity index (χ1) is 12.0. The molecule has 1 aromatic carbocycles. The van der Waals surface area contributed by atoms with Crippen LogP contribution in [-0.2, 0) is 17.9 Å². The largest absolute Gasteiger partial charge is 0.487 e. The van der Waals surface area contributed by atoms with E-state index >= 15 is 0 Å². The van der Waals surface area contributed by atoms with E-state index in [2.05, 4.69) is 20.5 Å². The highest BCUT2D eigenvalue weighted by Gasteiger charge is 2.30. The highest BCUT2D eigenvalue weighted by atomic mass is 16.5. The van der Waals surface area contributed by atoms with E-state index in [-0.39, 0.29) is 6.04 Å². The van der Waals surface area contributed by atoms with E-state index in [1.54, 1.807) is 4.68 Å². The van der Waals surface area contributed by atoms with Gasteiger partial charge in [0.1, 0.15) is 24.1 Å². The Labute approximate surface area is 146 Å². The highest BCUT2D eigenvalue weighted by Crippen LogP contribution is 2.21. The van der Waals surface area contributed by atoms with Gasteiger partial charge in [0.25, 0.3) is 0 Å². The number of nitrogens with zero attached hydrogens (tertiary/aromatic N) is 4. The topological polar surface area (TPSA) is 92.5 Å². The number of carboxylic acid groups (broad SMARTS) is 1. The van der Waals surface area contributed by atoms with E-state index in [4.69, 9.17) is 9.84 Å². The zero-order valence-corrected chi connectivity index (χ0v) is 14.4. The van der Waals surface area contributed by atoms with Crippen molar-refractivity contribution in [2.24, 2.45) is 0 Å². The molecule has 2 aromatic rings. The molecule has 1 aromatic heterocycles. The fourth-order valence-electron chi connectivity index (χ4n) is 2.93. The Bertz CT molecular complexity index is 731. The molecule has 2 atom stereocenters. The lowest BCUT2D eigenvalue weighted by Gasteiger charge is -2.14. The third kappa shape index (κ3) is 4.34. The quantitative estimate of drug-likeness (QED) is 0.770. The number of ether oxygens (including phenoxy) is 1. The van der Waals surface area contributed by atoms with Crippen molar-refractivity contribution in [2.75, 3.05) is 20.6 Å². The van der Waals surface area contributed by atoms with Crippen LogP contribution in [0.5, 0.6) is 5.75 Å². The Kier molecular flexibility index (Phi) is 5.30. The normalized spacial score (nSPS) is 20.1. The van der Waals surface area contributed by atoms with Crippen LogP contribution in [0.1, 0.15) is 23.7 Å². The van der Waals surface area contributed by atoms with E-state index in [0.29, 0.717) is 19.6 Å². The molecule has 134 valence electrons. The summed E-state index contributed by atoms with van der Waals surface area (Å²) in [6, 6.07) is 7.41. The number of carboxylic acids is 1. The van der Waals surface area contributed by atoms with Crippen molar-refractivity contribution in [3.05, 3.63) is 41.7 Å².